The summed E-state index contributed by atoms with van der Waals surface area (Å²) < 4.78 is 1.31. The monoisotopic (exact) mass is 315 g/mol. The summed E-state index contributed by atoms with van der Waals surface area (Å²) in [7, 11) is 0. The number of halogens is 1. The maximum atomic E-state index is 12.7. The molecule has 0 amide bonds. The third-order valence-corrected chi connectivity index (χ3v) is 4.15. The predicted molar refractivity (Wildman–Crippen MR) is 84.3 cm³/mol. The minimum absolute atomic E-state index is 0.133. The van der Waals surface area contributed by atoms with Gasteiger partial charge in [0.25, 0.3) is 11.3 Å². The Bertz CT molecular complexity index is 908. The molecule has 0 spiro atoms. The number of anilines is 1. The molecule has 0 bridgehead atoms. The molecule has 112 valence electrons. The molecule has 0 atom stereocenters. The van der Waals surface area contributed by atoms with Crippen molar-refractivity contribution in [2.24, 2.45) is 0 Å². The van der Waals surface area contributed by atoms with Crippen molar-refractivity contribution in [1.82, 2.24) is 19.6 Å². The highest BCUT2D eigenvalue weighted by atomic mass is 35.5. The second-order valence-corrected chi connectivity index (χ2v) is 6.04. The number of hydrogen-bond donors (Lipinski definition) is 2. The van der Waals surface area contributed by atoms with Crippen LogP contribution in [0, 0.1) is 0 Å². The van der Waals surface area contributed by atoms with E-state index in [9.17, 15) is 4.79 Å². The number of nitrogen functional groups attached to an aromatic ring is 1. The molecule has 1 aromatic carbocycles. The molecule has 6 nitrogen and oxygen atoms in total. The summed E-state index contributed by atoms with van der Waals surface area (Å²) in [6.07, 6.45) is 2.66. The van der Waals surface area contributed by atoms with Crippen LogP contribution in [-0.4, -0.2) is 19.6 Å². The van der Waals surface area contributed by atoms with Crippen molar-refractivity contribution in [3.05, 3.63) is 56.5 Å². The van der Waals surface area contributed by atoms with Crippen LogP contribution < -0.4 is 11.3 Å². The van der Waals surface area contributed by atoms with Gasteiger partial charge < -0.3 is 5.73 Å². The first-order chi connectivity index (χ1) is 10.6. The van der Waals surface area contributed by atoms with Gasteiger partial charge in [-0.15, -0.1) is 0 Å². The van der Waals surface area contributed by atoms with E-state index in [1.807, 2.05) is 24.3 Å². The van der Waals surface area contributed by atoms with Gasteiger partial charge in [0, 0.05) is 22.9 Å². The SMILES string of the molecule is Nc1nc2nc(C3CC3)c(Cc3ccc(Cl)cc3)c(=O)n2[nH]1. The average Bonchev–Trinajstić information content (AvgIpc) is 3.26. The molecule has 0 radical (unpaired) electrons. The van der Waals surface area contributed by atoms with Crippen molar-refractivity contribution < 1.29 is 0 Å². The zero-order valence-electron chi connectivity index (χ0n) is 11.7. The normalized spacial score (nSPS) is 14.6. The van der Waals surface area contributed by atoms with E-state index in [-0.39, 0.29) is 11.5 Å². The van der Waals surface area contributed by atoms with E-state index in [2.05, 4.69) is 15.1 Å². The molecule has 1 fully saturated rings. The molecular formula is C15H14ClN5O. The Labute approximate surface area is 130 Å². The Hall–Kier alpha value is -2.34. The number of fused-ring (bicyclic) bond motifs is 1. The number of aromatic amines is 1. The largest absolute Gasteiger partial charge is 0.368 e. The quantitative estimate of drug-likeness (QED) is 0.774. The molecule has 2 heterocycles. The number of H-pyrrole nitrogens is 1. The lowest BCUT2D eigenvalue weighted by Crippen LogP contribution is -2.23. The number of nitrogens with zero attached hydrogens (tertiary/aromatic N) is 3. The van der Waals surface area contributed by atoms with Crippen LogP contribution in [0.2, 0.25) is 5.02 Å². The Morgan fingerprint density at radius 1 is 1.27 bits per heavy atom. The standard InChI is InChI=1S/C15H14ClN5O/c16-10-5-1-8(2-6-10)7-11-12(9-3-4-9)18-15-19-14(17)20-21(15)13(11)22/h1-2,5-6,9H,3-4,7H2,(H3,17,18,19,20). The summed E-state index contributed by atoms with van der Waals surface area (Å²) in [4.78, 5) is 21.3. The lowest BCUT2D eigenvalue weighted by molar-refractivity contribution is 0.839. The zero-order chi connectivity index (χ0) is 15.3. The molecule has 1 saturated carbocycles. The van der Waals surface area contributed by atoms with Crippen LogP contribution in [-0.2, 0) is 6.42 Å². The smallest absolute Gasteiger partial charge is 0.277 e. The molecule has 0 unspecified atom stereocenters. The molecule has 3 N–H and O–H groups in total. The molecule has 4 rings (SSSR count). The van der Waals surface area contributed by atoms with Crippen molar-refractivity contribution in [2.45, 2.75) is 25.2 Å². The van der Waals surface area contributed by atoms with Crippen LogP contribution in [0.4, 0.5) is 5.95 Å². The molecule has 22 heavy (non-hydrogen) atoms. The first-order valence-electron chi connectivity index (χ1n) is 7.13. The van der Waals surface area contributed by atoms with Crippen molar-refractivity contribution in [3.8, 4) is 0 Å². The number of nitrogens with two attached hydrogens (primary N) is 1. The molecule has 1 aliphatic rings. The summed E-state index contributed by atoms with van der Waals surface area (Å²) >= 11 is 5.91. The lowest BCUT2D eigenvalue weighted by Gasteiger charge is -2.08. The molecule has 0 aliphatic heterocycles. The molecule has 2 aromatic heterocycles. The number of benzene rings is 1. The highest BCUT2D eigenvalue weighted by molar-refractivity contribution is 6.30. The third kappa shape index (κ3) is 2.25. The Kier molecular flexibility index (Phi) is 2.94. The van der Waals surface area contributed by atoms with Crippen LogP contribution in [0.3, 0.4) is 0 Å². The van der Waals surface area contributed by atoms with Crippen LogP contribution >= 0.6 is 11.6 Å². The van der Waals surface area contributed by atoms with Gasteiger partial charge in [-0.1, -0.05) is 23.7 Å². The zero-order valence-corrected chi connectivity index (χ0v) is 12.5. The summed E-state index contributed by atoms with van der Waals surface area (Å²) in [5.74, 6) is 0.886. The van der Waals surface area contributed by atoms with E-state index in [0.717, 1.165) is 24.1 Å². The molecule has 7 heteroatoms. The van der Waals surface area contributed by atoms with Gasteiger partial charge in [-0.25, -0.2) is 4.98 Å². The van der Waals surface area contributed by atoms with Crippen LogP contribution in [0.25, 0.3) is 5.78 Å². The minimum Gasteiger partial charge on any atom is -0.368 e. The number of hydrogen-bond acceptors (Lipinski definition) is 4. The van der Waals surface area contributed by atoms with Gasteiger partial charge >= 0.3 is 0 Å². The van der Waals surface area contributed by atoms with E-state index in [0.29, 0.717) is 28.7 Å². The fourth-order valence-corrected chi connectivity index (χ4v) is 2.78. The van der Waals surface area contributed by atoms with E-state index in [1.54, 1.807) is 0 Å². The van der Waals surface area contributed by atoms with Gasteiger partial charge in [0.15, 0.2) is 0 Å². The van der Waals surface area contributed by atoms with Crippen LogP contribution in [0.15, 0.2) is 29.1 Å². The average molecular weight is 316 g/mol. The maximum absolute atomic E-state index is 12.7. The summed E-state index contributed by atoms with van der Waals surface area (Å²) in [6.45, 7) is 0. The van der Waals surface area contributed by atoms with E-state index < -0.39 is 0 Å². The fourth-order valence-electron chi connectivity index (χ4n) is 2.65. The Balaban J connectivity index is 1.87. The van der Waals surface area contributed by atoms with Gasteiger partial charge in [-0.05, 0) is 30.5 Å². The van der Waals surface area contributed by atoms with Crippen molar-refractivity contribution in [1.29, 1.82) is 0 Å². The van der Waals surface area contributed by atoms with Crippen LogP contribution in [0.5, 0.6) is 0 Å². The Morgan fingerprint density at radius 2 is 2.00 bits per heavy atom. The van der Waals surface area contributed by atoms with Gasteiger partial charge in [0.05, 0.1) is 5.69 Å². The fraction of sp³-hybridized carbons (Fsp3) is 0.267. The van der Waals surface area contributed by atoms with E-state index >= 15 is 0 Å². The minimum atomic E-state index is -0.133. The predicted octanol–water partition coefficient (Wildman–Crippen LogP) is 2.12. The van der Waals surface area contributed by atoms with Gasteiger partial charge in [-0.2, -0.15) is 9.50 Å². The molecule has 1 aliphatic carbocycles. The number of aromatic nitrogens is 4. The van der Waals surface area contributed by atoms with Gasteiger partial charge in [-0.3, -0.25) is 9.89 Å². The second kappa shape index (κ2) is 4.84. The van der Waals surface area contributed by atoms with Crippen molar-refractivity contribution >= 4 is 23.3 Å². The first-order valence-corrected chi connectivity index (χ1v) is 7.51. The second-order valence-electron chi connectivity index (χ2n) is 5.60. The number of rotatable bonds is 3. The van der Waals surface area contributed by atoms with Gasteiger partial charge in [0.1, 0.15) is 0 Å². The summed E-state index contributed by atoms with van der Waals surface area (Å²) in [5.41, 5.74) is 8.08. The van der Waals surface area contributed by atoms with Gasteiger partial charge in [0.2, 0.25) is 5.95 Å². The summed E-state index contributed by atoms with van der Waals surface area (Å²) in [6, 6.07) is 7.50. The van der Waals surface area contributed by atoms with E-state index in [1.165, 1.54) is 4.52 Å². The molecule has 3 aromatic rings. The first kappa shape index (κ1) is 13.3. The Morgan fingerprint density at radius 3 is 2.68 bits per heavy atom. The lowest BCUT2D eigenvalue weighted by atomic mass is 10.0. The van der Waals surface area contributed by atoms with E-state index in [4.69, 9.17) is 17.3 Å². The highest BCUT2D eigenvalue weighted by Gasteiger charge is 2.30. The topological polar surface area (TPSA) is 89.1 Å². The number of nitrogens with one attached hydrogen (secondary N) is 1. The van der Waals surface area contributed by atoms with Crippen molar-refractivity contribution in [3.63, 3.8) is 0 Å². The van der Waals surface area contributed by atoms with Crippen LogP contribution in [0.1, 0.15) is 35.6 Å². The molecule has 0 saturated heterocycles. The molecular weight excluding hydrogens is 302 g/mol. The maximum Gasteiger partial charge on any atom is 0.277 e. The third-order valence-electron chi connectivity index (χ3n) is 3.90. The van der Waals surface area contributed by atoms with Crippen molar-refractivity contribution in [2.75, 3.05) is 5.73 Å². The summed E-state index contributed by atoms with van der Waals surface area (Å²) in [5, 5.41) is 3.41. The highest BCUT2D eigenvalue weighted by Crippen LogP contribution is 2.40.